The number of hydrogen-bond acceptors (Lipinski definition) is 5. The largest absolute Gasteiger partial charge is 0.320 e. The molecule has 1 atom stereocenters. The number of nitrogens with two attached hydrogens (primary N) is 1. The molecule has 0 aliphatic rings. The first-order valence-electron chi connectivity index (χ1n) is 7.40. The first kappa shape index (κ1) is 15.1. The highest BCUT2D eigenvalue weighted by atomic mass is 16.2. The molecule has 3 N–H and O–H groups in total. The summed E-state index contributed by atoms with van der Waals surface area (Å²) in [6.45, 7) is 3.77. The number of nitrogens with one attached hydrogen (secondary N) is 1. The maximum atomic E-state index is 12.0. The number of benzene rings is 1. The number of aromatic nitrogens is 4. The number of amides is 1. The number of nitrogens with zero attached hydrogens (tertiary/aromatic N) is 4. The average Bonchev–Trinajstić information content (AvgIpc) is 2.96. The van der Waals surface area contributed by atoms with E-state index in [2.05, 4.69) is 20.4 Å². The molecule has 0 spiro atoms. The van der Waals surface area contributed by atoms with Crippen LogP contribution in [-0.2, 0) is 4.79 Å². The molecule has 7 heteroatoms. The highest BCUT2D eigenvalue weighted by Crippen LogP contribution is 2.19. The first-order valence-corrected chi connectivity index (χ1v) is 7.40. The van der Waals surface area contributed by atoms with Crippen molar-refractivity contribution >= 4 is 17.6 Å². The van der Waals surface area contributed by atoms with Crippen LogP contribution >= 0.6 is 0 Å². The minimum absolute atomic E-state index is 0.0324. The third-order valence-corrected chi connectivity index (χ3v) is 3.57. The van der Waals surface area contributed by atoms with Crippen LogP contribution in [-0.4, -0.2) is 31.5 Å². The Balaban J connectivity index is 1.95. The fourth-order valence-corrected chi connectivity index (χ4v) is 2.17. The Bertz CT molecular complexity index is 827. The zero-order valence-corrected chi connectivity index (χ0v) is 13.0. The predicted octanol–water partition coefficient (Wildman–Crippen LogP) is 1.71. The van der Waals surface area contributed by atoms with Gasteiger partial charge in [-0.15, -0.1) is 5.10 Å². The lowest BCUT2D eigenvalue weighted by Crippen LogP contribution is -2.40. The maximum absolute atomic E-state index is 12.0. The molecular formula is C16H18N6O. The molecule has 7 nitrogen and oxygen atoms in total. The Labute approximate surface area is 133 Å². The summed E-state index contributed by atoms with van der Waals surface area (Å²) in [5.74, 6) is 0.337. The minimum Gasteiger partial charge on any atom is -0.320 e. The van der Waals surface area contributed by atoms with E-state index in [-0.39, 0.29) is 17.8 Å². The van der Waals surface area contributed by atoms with E-state index < -0.39 is 6.04 Å². The van der Waals surface area contributed by atoms with Crippen LogP contribution < -0.4 is 11.1 Å². The Hall–Kier alpha value is -2.80. The van der Waals surface area contributed by atoms with Gasteiger partial charge >= 0.3 is 0 Å². The fraction of sp³-hybridized carbons (Fsp3) is 0.250. The van der Waals surface area contributed by atoms with Crippen molar-refractivity contribution in [3.8, 4) is 11.3 Å². The van der Waals surface area contributed by atoms with Gasteiger partial charge in [0.15, 0.2) is 0 Å². The molecule has 0 aliphatic heterocycles. The summed E-state index contributed by atoms with van der Waals surface area (Å²) in [5.41, 5.74) is 7.66. The van der Waals surface area contributed by atoms with Crippen molar-refractivity contribution in [3.63, 3.8) is 0 Å². The van der Waals surface area contributed by atoms with Crippen LogP contribution in [0.2, 0.25) is 0 Å². The number of rotatable bonds is 4. The summed E-state index contributed by atoms with van der Waals surface area (Å²) in [5, 5.41) is 6.97. The second-order valence-electron chi connectivity index (χ2n) is 5.60. The molecule has 1 amide bonds. The van der Waals surface area contributed by atoms with Crippen LogP contribution in [0.5, 0.6) is 0 Å². The molecule has 23 heavy (non-hydrogen) atoms. The van der Waals surface area contributed by atoms with E-state index in [0.717, 1.165) is 11.3 Å². The summed E-state index contributed by atoms with van der Waals surface area (Å²) in [4.78, 5) is 20.5. The SMILES string of the molecule is CC(C)C(N)C(=O)Nc1nc2nccc(-c3ccccc3)n2n1. The van der Waals surface area contributed by atoms with Crippen molar-refractivity contribution in [1.82, 2.24) is 19.6 Å². The quantitative estimate of drug-likeness (QED) is 0.764. The van der Waals surface area contributed by atoms with E-state index in [1.54, 1.807) is 10.7 Å². The molecule has 2 aromatic heterocycles. The number of carbonyl (C=O) groups excluding carboxylic acids is 1. The van der Waals surface area contributed by atoms with Crippen LogP contribution in [0.3, 0.4) is 0 Å². The van der Waals surface area contributed by atoms with Crippen molar-refractivity contribution in [2.45, 2.75) is 19.9 Å². The van der Waals surface area contributed by atoms with Crippen LogP contribution in [0.25, 0.3) is 17.0 Å². The van der Waals surface area contributed by atoms with Crippen molar-refractivity contribution in [1.29, 1.82) is 0 Å². The van der Waals surface area contributed by atoms with Crippen LogP contribution in [0.15, 0.2) is 42.6 Å². The summed E-state index contributed by atoms with van der Waals surface area (Å²) in [6.07, 6.45) is 1.66. The molecule has 0 saturated heterocycles. The van der Waals surface area contributed by atoms with Crippen molar-refractivity contribution in [3.05, 3.63) is 42.6 Å². The highest BCUT2D eigenvalue weighted by Gasteiger charge is 2.19. The van der Waals surface area contributed by atoms with E-state index >= 15 is 0 Å². The number of carbonyl (C=O) groups is 1. The highest BCUT2D eigenvalue weighted by molar-refractivity contribution is 5.93. The number of hydrogen-bond donors (Lipinski definition) is 2. The average molecular weight is 310 g/mol. The molecule has 0 bridgehead atoms. The molecule has 2 heterocycles. The van der Waals surface area contributed by atoms with Gasteiger partial charge in [0.25, 0.3) is 11.7 Å². The van der Waals surface area contributed by atoms with Gasteiger partial charge in [-0.25, -0.2) is 4.98 Å². The van der Waals surface area contributed by atoms with Gasteiger partial charge < -0.3 is 5.73 Å². The minimum atomic E-state index is -0.608. The van der Waals surface area contributed by atoms with Gasteiger partial charge in [-0.3, -0.25) is 10.1 Å². The van der Waals surface area contributed by atoms with Gasteiger partial charge in [0, 0.05) is 11.8 Å². The number of anilines is 1. The smallest absolute Gasteiger partial charge is 0.254 e. The molecule has 0 saturated carbocycles. The van der Waals surface area contributed by atoms with Gasteiger partial charge in [-0.1, -0.05) is 44.2 Å². The van der Waals surface area contributed by atoms with Gasteiger partial charge in [0.1, 0.15) is 0 Å². The normalized spacial score (nSPS) is 12.5. The fourth-order valence-electron chi connectivity index (χ4n) is 2.17. The van der Waals surface area contributed by atoms with Crippen molar-refractivity contribution in [2.75, 3.05) is 5.32 Å². The van der Waals surface area contributed by atoms with Crippen LogP contribution in [0, 0.1) is 5.92 Å². The third kappa shape index (κ3) is 3.04. The Morgan fingerprint density at radius 3 is 2.65 bits per heavy atom. The van der Waals surface area contributed by atoms with E-state index in [9.17, 15) is 4.79 Å². The topological polar surface area (TPSA) is 98.2 Å². The van der Waals surface area contributed by atoms with Gasteiger partial charge in [-0.2, -0.15) is 9.50 Å². The maximum Gasteiger partial charge on any atom is 0.254 e. The molecule has 1 unspecified atom stereocenters. The molecule has 3 rings (SSSR count). The summed E-state index contributed by atoms with van der Waals surface area (Å²) < 4.78 is 1.60. The lowest BCUT2D eigenvalue weighted by molar-refractivity contribution is -0.118. The Morgan fingerprint density at radius 2 is 1.96 bits per heavy atom. The summed E-state index contributed by atoms with van der Waals surface area (Å²) in [6, 6.07) is 11.0. The van der Waals surface area contributed by atoms with Crippen molar-refractivity contribution < 1.29 is 4.79 Å². The van der Waals surface area contributed by atoms with E-state index in [1.165, 1.54) is 0 Å². The van der Waals surface area contributed by atoms with Gasteiger partial charge in [0.05, 0.1) is 11.7 Å². The number of fused-ring (bicyclic) bond motifs is 1. The molecular weight excluding hydrogens is 292 g/mol. The lowest BCUT2D eigenvalue weighted by Gasteiger charge is -2.13. The van der Waals surface area contributed by atoms with E-state index in [0.29, 0.717) is 5.78 Å². The Morgan fingerprint density at radius 1 is 1.22 bits per heavy atom. The zero-order valence-electron chi connectivity index (χ0n) is 13.0. The zero-order chi connectivity index (χ0) is 16.4. The summed E-state index contributed by atoms with van der Waals surface area (Å²) >= 11 is 0. The standard InChI is InChI=1S/C16H18N6O/c1-10(2)13(17)14(23)19-15-20-16-18-9-8-12(22(16)21-15)11-6-4-3-5-7-11/h3-10,13H,17H2,1-2H3,(H,19,21,23). The lowest BCUT2D eigenvalue weighted by atomic mass is 10.1. The molecule has 0 radical (unpaired) electrons. The monoisotopic (exact) mass is 310 g/mol. The molecule has 3 aromatic rings. The summed E-state index contributed by atoms with van der Waals surface area (Å²) in [7, 11) is 0. The van der Waals surface area contributed by atoms with Gasteiger partial charge in [-0.05, 0) is 12.0 Å². The molecule has 0 fully saturated rings. The molecule has 1 aromatic carbocycles. The van der Waals surface area contributed by atoms with Crippen LogP contribution in [0.4, 0.5) is 5.95 Å². The van der Waals surface area contributed by atoms with Gasteiger partial charge in [0.2, 0.25) is 5.91 Å². The molecule has 0 aliphatic carbocycles. The predicted molar refractivity (Wildman–Crippen MR) is 87.7 cm³/mol. The van der Waals surface area contributed by atoms with E-state index in [1.807, 2.05) is 50.2 Å². The van der Waals surface area contributed by atoms with E-state index in [4.69, 9.17) is 5.73 Å². The van der Waals surface area contributed by atoms with Crippen molar-refractivity contribution in [2.24, 2.45) is 11.7 Å². The first-order chi connectivity index (χ1) is 11.1. The second kappa shape index (κ2) is 6.13. The van der Waals surface area contributed by atoms with Crippen LogP contribution in [0.1, 0.15) is 13.8 Å². The second-order valence-corrected chi connectivity index (χ2v) is 5.60. The molecule has 118 valence electrons. The third-order valence-electron chi connectivity index (χ3n) is 3.57. The Kier molecular flexibility index (Phi) is 4.03.